The molecule has 0 saturated carbocycles. The van der Waals surface area contributed by atoms with Crippen molar-refractivity contribution in [3.8, 4) is 0 Å². The van der Waals surface area contributed by atoms with E-state index in [1.54, 1.807) is 34.6 Å². The van der Waals surface area contributed by atoms with Gasteiger partial charge in [0.05, 0.1) is 11.6 Å². The van der Waals surface area contributed by atoms with E-state index in [-0.39, 0.29) is 0 Å². The van der Waals surface area contributed by atoms with Crippen LogP contribution in [-0.4, -0.2) is 32.6 Å². The van der Waals surface area contributed by atoms with Gasteiger partial charge in [-0.05, 0) is 34.6 Å². The highest BCUT2D eigenvalue weighted by Crippen LogP contribution is 2.22. The minimum Gasteiger partial charge on any atom is -0.481 e. The second-order valence-electron chi connectivity index (χ2n) is 5.58. The lowest BCUT2D eigenvalue weighted by Gasteiger charge is -2.19. The van der Waals surface area contributed by atoms with Crippen LogP contribution in [0.25, 0.3) is 0 Å². The number of aromatic nitrogens is 2. The second-order valence-corrected chi connectivity index (χ2v) is 5.58. The molecule has 0 atom stereocenters. The third kappa shape index (κ3) is 3.09. The van der Waals surface area contributed by atoms with E-state index in [0.717, 1.165) is 4.68 Å². The lowest BCUT2D eigenvalue weighted by molar-refractivity contribution is -0.142. The first-order valence-electron chi connectivity index (χ1n) is 5.56. The van der Waals surface area contributed by atoms with E-state index in [9.17, 15) is 9.59 Å². The van der Waals surface area contributed by atoms with E-state index in [0.29, 0.717) is 5.56 Å². The van der Waals surface area contributed by atoms with Crippen LogP contribution in [0.3, 0.4) is 0 Å². The monoisotopic (exact) mass is 254 g/mol. The molecule has 0 aliphatic heterocycles. The number of hydrogen-bond acceptors (Lipinski definition) is 4. The summed E-state index contributed by atoms with van der Waals surface area (Å²) in [7, 11) is 0. The van der Waals surface area contributed by atoms with E-state index in [2.05, 4.69) is 5.10 Å². The maximum atomic E-state index is 11.7. The SMILES string of the molecule is CC(C)(C)OC(=O)n1cc(C(C)(C)C(=O)O)cn1. The topological polar surface area (TPSA) is 81.4 Å². The van der Waals surface area contributed by atoms with Crippen LogP contribution in [0.5, 0.6) is 0 Å². The number of carbonyl (C=O) groups is 2. The van der Waals surface area contributed by atoms with Gasteiger partial charge in [0.15, 0.2) is 0 Å². The lowest BCUT2D eigenvalue weighted by Crippen LogP contribution is -2.29. The van der Waals surface area contributed by atoms with Gasteiger partial charge in [0.25, 0.3) is 0 Å². The molecule has 6 heteroatoms. The zero-order valence-corrected chi connectivity index (χ0v) is 11.2. The van der Waals surface area contributed by atoms with Gasteiger partial charge in [-0.25, -0.2) is 4.79 Å². The zero-order chi connectivity index (χ0) is 14.1. The molecule has 1 rings (SSSR count). The summed E-state index contributed by atoms with van der Waals surface area (Å²) >= 11 is 0. The molecule has 1 aromatic rings. The number of carboxylic acids is 1. The number of carbonyl (C=O) groups excluding carboxylic acids is 1. The smallest absolute Gasteiger partial charge is 0.435 e. The summed E-state index contributed by atoms with van der Waals surface area (Å²) < 4.78 is 6.13. The molecule has 0 amide bonds. The number of hydrogen-bond donors (Lipinski definition) is 1. The van der Waals surface area contributed by atoms with Crippen LogP contribution >= 0.6 is 0 Å². The third-order valence-electron chi connectivity index (χ3n) is 2.42. The highest BCUT2D eigenvalue weighted by molar-refractivity contribution is 5.80. The van der Waals surface area contributed by atoms with E-state index < -0.39 is 23.1 Å². The quantitative estimate of drug-likeness (QED) is 0.873. The number of ether oxygens (including phenoxy) is 1. The molecule has 18 heavy (non-hydrogen) atoms. The maximum Gasteiger partial charge on any atom is 0.435 e. The number of nitrogens with zero attached hydrogens (tertiary/aromatic N) is 2. The molecule has 0 fully saturated rings. The summed E-state index contributed by atoms with van der Waals surface area (Å²) in [5.41, 5.74) is -1.27. The van der Waals surface area contributed by atoms with E-state index >= 15 is 0 Å². The average molecular weight is 254 g/mol. The molecular weight excluding hydrogens is 236 g/mol. The van der Waals surface area contributed by atoms with Crippen molar-refractivity contribution in [2.45, 2.75) is 45.6 Å². The first-order valence-corrected chi connectivity index (χ1v) is 5.56. The Balaban J connectivity index is 2.94. The van der Waals surface area contributed by atoms with Crippen LogP contribution in [0.15, 0.2) is 12.4 Å². The van der Waals surface area contributed by atoms with Gasteiger partial charge >= 0.3 is 12.1 Å². The summed E-state index contributed by atoms with van der Waals surface area (Å²) in [5, 5.41) is 12.9. The van der Waals surface area contributed by atoms with Gasteiger partial charge in [-0.2, -0.15) is 9.78 Å². The summed E-state index contributed by atoms with van der Waals surface area (Å²) in [6, 6.07) is 0. The number of aliphatic carboxylic acids is 1. The molecule has 100 valence electrons. The Labute approximate surface area is 106 Å². The Morgan fingerprint density at radius 2 is 1.83 bits per heavy atom. The molecule has 6 nitrogen and oxygen atoms in total. The summed E-state index contributed by atoms with van der Waals surface area (Å²) in [6.07, 6.45) is 2.11. The van der Waals surface area contributed by atoms with Gasteiger partial charge in [-0.15, -0.1) is 0 Å². The van der Waals surface area contributed by atoms with Crippen molar-refractivity contribution in [1.29, 1.82) is 0 Å². The zero-order valence-electron chi connectivity index (χ0n) is 11.2. The van der Waals surface area contributed by atoms with Crippen molar-refractivity contribution < 1.29 is 19.4 Å². The minimum atomic E-state index is -1.10. The fourth-order valence-corrected chi connectivity index (χ4v) is 1.18. The molecule has 0 radical (unpaired) electrons. The van der Waals surface area contributed by atoms with Gasteiger partial charge in [0, 0.05) is 11.8 Å². The van der Waals surface area contributed by atoms with Crippen LogP contribution in [0.2, 0.25) is 0 Å². The second kappa shape index (κ2) is 4.44. The fourth-order valence-electron chi connectivity index (χ4n) is 1.18. The van der Waals surface area contributed by atoms with Crippen molar-refractivity contribution in [3.05, 3.63) is 18.0 Å². The van der Waals surface area contributed by atoms with E-state index in [4.69, 9.17) is 9.84 Å². The van der Waals surface area contributed by atoms with Crippen LogP contribution in [0, 0.1) is 0 Å². The molecule has 0 aliphatic rings. The molecule has 0 saturated heterocycles. The number of carboxylic acid groups (broad SMARTS) is 1. The van der Waals surface area contributed by atoms with Gasteiger partial charge in [-0.1, -0.05) is 0 Å². The maximum absolute atomic E-state index is 11.7. The van der Waals surface area contributed by atoms with Gasteiger partial charge in [0.2, 0.25) is 0 Å². The van der Waals surface area contributed by atoms with Crippen LogP contribution in [0.1, 0.15) is 40.2 Å². The minimum absolute atomic E-state index is 0.445. The summed E-state index contributed by atoms with van der Waals surface area (Å²) in [6.45, 7) is 8.33. The van der Waals surface area contributed by atoms with Crippen LogP contribution < -0.4 is 0 Å². The van der Waals surface area contributed by atoms with Crippen molar-refractivity contribution in [1.82, 2.24) is 9.78 Å². The van der Waals surface area contributed by atoms with Crippen LogP contribution in [-0.2, 0) is 14.9 Å². The molecule has 0 unspecified atom stereocenters. The molecular formula is C12H18N2O4. The molecule has 1 N–H and O–H groups in total. The molecule has 0 bridgehead atoms. The first kappa shape index (κ1) is 14.2. The fraction of sp³-hybridized carbons (Fsp3) is 0.583. The molecule has 0 aromatic carbocycles. The standard InChI is InChI=1S/C12H18N2O4/c1-11(2,3)18-10(17)14-7-8(6-13-14)12(4,5)9(15)16/h6-7H,1-5H3,(H,15,16). The summed E-state index contributed by atoms with van der Waals surface area (Å²) in [4.78, 5) is 22.8. The van der Waals surface area contributed by atoms with Crippen LogP contribution in [0.4, 0.5) is 4.79 Å². The third-order valence-corrected chi connectivity index (χ3v) is 2.42. The first-order chi connectivity index (χ1) is 8.04. The highest BCUT2D eigenvalue weighted by atomic mass is 16.6. The Hall–Kier alpha value is -1.85. The van der Waals surface area contributed by atoms with Crippen molar-refractivity contribution >= 4 is 12.1 Å². The lowest BCUT2D eigenvalue weighted by atomic mass is 9.87. The molecule has 1 aromatic heterocycles. The number of rotatable bonds is 2. The molecule has 0 aliphatic carbocycles. The molecule has 0 spiro atoms. The Morgan fingerprint density at radius 3 is 2.28 bits per heavy atom. The Morgan fingerprint density at radius 1 is 1.28 bits per heavy atom. The van der Waals surface area contributed by atoms with Crippen molar-refractivity contribution in [3.63, 3.8) is 0 Å². The Bertz CT molecular complexity index is 469. The van der Waals surface area contributed by atoms with Gasteiger partial charge in [-0.3, -0.25) is 4.79 Å². The van der Waals surface area contributed by atoms with E-state index in [1.165, 1.54) is 12.4 Å². The van der Waals surface area contributed by atoms with E-state index in [1.807, 2.05) is 0 Å². The average Bonchev–Trinajstić information content (AvgIpc) is 2.63. The predicted octanol–water partition coefficient (Wildman–Crippen LogP) is 2.03. The highest BCUT2D eigenvalue weighted by Gasteiger charge is 2.31. The van der Waals surface area contributed by atoms with Gasteiger partial charge in [0.1, 0.15) is 5.60 Å². The van der Waals surface area contributed by atoms with Crippen molar-refractivity contribution in [2.24, 2.45) is 0 Å². The predicted molar refractivity (Wildman–Crippen MR) is 64.5 cm³/mol. The normalized spacial score (nSPS) is 12.3. The van der Waals surface area contributed by atoms with Gasteiger partial charge < -0.3 is 9.84 Å². The largest absolute Gasteiger partial charge is 0.481 e. The molecule has 1 heterocycles. The summed E-state index contributed by atoms with van der Waals surface area (Å²) in [5.74, 6) is -0.980. The van der Waals surface area contributed by atoms with Crippen molar-refractivity contribution in [2.75, 3.05) is 0 Å². The Kier molecular flexibility index (Phi) is 3.50.